The van der Waals surface area contributed by atoms with Crippen molar-refractivity contribution >= 4 is 45.1 Å². The first-order chi connectivity index (χ1) is 11.5. The number of esters is 1. The van der Waals surface area contributed by atoms with Gasteiger partial charge >= 0.3 is 5.97 Å². The molecule has 0 fully saturated rings. The van der Waals surface area contributed by atoms with E-state index in [9.17, 15) is 9.59 Å². The summed E-state index contributed by atoms with van der Waals surface area (Å²) in [6, 6.07) is 12.0. The molecule has 7 heteroatoms. The number of anilines is 1. The normalized spacial score (nSPS) is 10.1. The number of halogens is 2. The third-order valence-corrected chi connectivity index (χ3v) is 3.87. The van der Waals surface area contributed by atoms with Gasteiger partial charge in [0.05, 0.1) is 30.7 Å². The van der Waals surface area contributed by atoms with Crippen molar-refractivity contribution in [3.8, 4) is 5.75 Å². The van der Waals surface area contributed by atoms with Crippen LogP contribution in [0.15, 0.2) is 46.9 Å². The average molecular weight is 413 g/mol. The zero-order chi connectivity index (χ0) is 17.5. The van der Waals surface area contributed by atoms with E-state index in [1.807, 2.05) is 24.3 Å². The number of amides is 1. The van der Waals surface area contributed by atoms with Gasteiger partial charge in [0.25, 0.3) is 0 Å². The van der Waals surface area contributed by atoms with Crippen LogP contribution >= 0.6 is 27.5 Å². The Hall–Kier alpha value is -2.05. The number of benzene rings is 2. The molecule has 126 valence electrons. The first kappa shape index (κ1) is 18.3. The molecule has 0 aliphatic carbocycles. The lowest BCUT2D eigenvalue weighted by molar-refractivity contribution is -0.116. The molecule has 2 aromatic carbocycles. The van der Waals surface area contributed by atoms with Crippen LogP contribution in [0.3, 0.4) is 0 Å². The largest absolute Gasteiger partial charge is 0.493 e. The Bertz CT molecular complexity index is 751. The summed E-state index contributed by atoms with van der Waals surface area (Å²) in [5.41, 5.74) is 0.662. The lowest BCUT2D eigenvalue weighted by Gasteiger charge is -2.09. The highest BCUT2D eigenvalue weighted by atomic mass is 79.9. The minimum absolute atomic E-state index is 0.169. The zero-order valence-electron chi connectivity index (χ0n) is 12.8. The molecule has 24 heavy (non-hydrogen) atoms. The van der Waals surface area contributed by atoms with Crippen molar-refractivity contribution in [1.82, 2.24) is 0 Å². The molecule has 0 aliphatic rings. The minimum Gasteiger partial charge on any atom is -0.493 e. The molecule has 0 aromatic heterocycles. The number of methoxy groups -OCH3 is 1. The monoisotopic (exact) mass is 411 g/mol. The number of hydrogen-bond acceptors (Lipinski definition) is 4. The van der Waals surface area contributed by atoms with Crippen LogP contribution in [-0.4, -0.2) is 25.6 Å². The van der Waals surface area contributed by atoms with E-state index in [-0.39, 0.29) is 29.5 Å². The van der Waals surface area contributed by atoms with Crippen molar-refractivity contribution in [3.05, 3.63) is 57.5 Å². The summed E-state index contributed by atoms with van der Waals surface area (Å²) in [4.78, 5) is 23.5. The van der Waals surface area contributed by atoms with Crippen LogP contribution in [-0.2, 0) is 9.53 Å². The quantitative estimate of drug-likeness (QED) is 0.719. The van der Waals surface area contributed by atoms with Crippen molar-refractivity contribution in [2.24, 2.45) is 0 Å². The summed E-state index contributed by atoms with van der Waals surface area (Å²) in [5, 5.41) is 2.95. The molecule has 1 amide bonds. The maximum absolute atomic E-state index is 12.0. The van der Waals surface area contributed by atoms with E-state index in [0.29, 0.717) is 11.4 Å². The topological polar surface area (TPSA) is 64.6 Å². The Morgan fingerprint density at radius 1 is 1.21 bits per heavy atom. The van der Waals surface area contributed by atoms with Crippen LogP contribution in [0.25, 0.3) is 0 Å². The van der Waals surface area contributed by atoms with Gasteiger partial charge in [-0.2, -0.15) is 0 Å². The standard InChI is InChI=1S/C17H15BrClNO4/c1-23-17(22)14-10-12(5-6-15(14)19)20-16(21)7-8-24-13-4-2-3-11(18)9-13/h2-6,9-10H,7-8H2,1H3,(H,20,21). The molecular weight excluding hydrogens is 398 g/mol. The fraction of sp³-hybridized carbons (Fsp3) is 0.176. The van der Waals surface area contributed by atoms with Crippen molar-refractivity contribution in [1.29, 1.82) is 0 Å². The van der Waals surface area contributed by atoms with Crippen molar-refractivity contribution in [2.45, 2.75) is 6.42 Å². The van der Waals surface area contributed by atoms with Gasteiger partial charge in [-0.25, -0.2) is 4.79 Å². The summed E-state index contributed by atoms with van der Waals surface area (Å²) < 4.78 is 11.1. The second-order valence-electron chi connectivity index (χ2n) is 4.79. The lowest BCUT2D eigenvalue weighted by atomic mass is 10.2. The van der Waals surface area contributed by atoms with E-state index in [1.54, 1.807) is 6.07 Å². The average Bonchev–Trinajstić information content (AvgIpc) is 2.56. The van der Waals surface area contributed by atoms with Gasteiger partial charge in [-0.1, -0.05) is 33.6 Å². The van der Waals surface area contributed by atoms with Gasteiger partial charge in [0.15, 0.2) is 0 Å². The minimum atomic E-state index is -0.561. The van der Waals surface area contributed by atoms with Gasteiger partial charge in [0.2, 0.25) is 5.91 Å². The van der Waals surface area contributed by atoms with Gasteiger partial charge in [-0.05, 0) is 36.4 Å². The molecule has 0 atom stereocenters. The predicted molar refractivity (Wildman–Crippen MR) is 95.7 cm³/mol. The number of carbonyl (C=O) groups is 2. The highest BCUT2D eigenvalue weighted by molar-refractivity contribution is 9.10. The van der Waals surface area contributed by atoms with Crippen LogP contribution in [0.4, 0.5) is 5.69 Å². The smallest absolute Gasteiger partial charge is 0.339 e. The molecule has 2 aromatic rings. The van der Waals surface area contributed by atoms with Crippen LogP contribution in [0.1, 0.15) is 16.8 Å². The van der Waals surface area contributed by atoms with Gasteiger partial charge in [0, 0.05) is 10.2 Å². The van der Waals surface area contributed by atoms with Crippen molar-refractivity contribution in [2.75, 3.05) is 19.0 Å². The highest BCUT2D eigenvalue weighted by Gasteiger charge is 2.12. The summed E-state index contributed by atoms with van der Waals surface area (Å²) in [6.07, 6.45) is 0.169. The van der Waals surface area contributed by atoms with E-state index in [0.717, 1.165) is 4.47 Å². The number of nitrogens with one attached hydrogen (secondary N) is 1. The molecule has 0 radical (unpaired) electrons. The van der Waals surface area contributed by atoms with Gasteiger partial charge < -0.3 is 14.8 Å². The molecule has 2 rings (SSSR count). The van der Waals surface area contributed by atoms with Crippen molar-refractivity contribution < 1.29 is 19.1 Å². The third kappa shape index (κ3) is 5.25. The summed E-state index contributed by atoms with van der Waals surface area (Å²) >= 11 is 9.28. The molecule has 0 heterocycles. The zero-order valence-corrected chi connectivity index (χ0v) is 15.2. The van der Waals surface area contributed by atoms with E-state index in [2.05, 4.69) is 26.0 Å². The summed E-state index contributed by atoms with van der Waals surface area (Å²) in [5.74, 6) is -0.117. The molecule has 5 nitrogen and oxygen atoms in total. The molecule has 0 saturated heterocycles. The van der Waals surface area contributed by atoms with Gasteiger partial charge in [0.1, 0.15) is 5.75 Å². The van der Waals surface area contributed by atoms with Gasteiger partial charge in [-0.15, -0.1) is 0 Å². The lowest BCUT2D eigenvalue weighted by Crippen LogP contribution is -2.15. The van der Waals surface area contributed by atoms with E-state index >= 15 is 0 Å². The first-order valence-electron chi connectivity index (χ1n) is 7.05. The number of hydrogen-bond donors (Lipinski definition) is 1. The third-order valence-electron chi connectivity index (χ3n) is 3.05. The highest BCUT2D eigenvalue weighted by Crippen LogP contribution is 2.22. The predicted octanol–water partition coefficient (Wildman–Crippen LogP) is 4.30. The second-order valence-corrected chi connectivity index (χ2v) is 6.11. The fourth-order valence-electron chi connectivity index (χ4n) is 1.91. The maximum Gasteiger partial charge on any atom is 0.339 e. The molecule has 0 aliphatic heterocycles. The Morgan fingerprint density at radius 2 is 2.00 bits per heavy atom. The van der Waals surface area contributed by atoms with Crippen LogP contribution in [0, 0.1) is 0 Å². The number of ether oxygens (including phenoxy) is 2. The number of rotatable bonds is 6. The van der Waals surface area contributed by atoms with E-state index < -0.39 is 5.97 Å². The molecule has 1 N–H and O–H groups in total. The Labute approximate surface area is 153 Å². The molecule has 0 unspecified atom stereocenters. The molecular formula is C17H15BrClNO4. The van der Waals surface area contributed by atoms with Gasteiger partial charge in [-0.3, -0.25) is 4.79 Å². The molecule has 0 bridgehead atoms. The second kappa shape index (κ2) is 8.70. The maximum atomic E-state index is 12.0. The van der Waals surface area contributed by atoms with Crippen molar-refractivity contribution in [3.63, 3.8) is 0 Å². The van der Waals surface area contributed by atoms with Crippen LogP contribution in [0.2, 0.25) is 5.02 Å². The first-order valence-corrected chi connectivity index (χ1v) is 8.23. The summed E-state index contributed by atoms with van der Waals surface area (Å²) in [7, 11) is 1.27. The molecule has 0 spiro atoms. The SMILES string of the molecule is COC(=O)c1cc(NC(=O)CCOc2cccc(Br)c2)ccc1Cl. The fourth-order valence-corrected chi connectivity index (χ4v) is 2.48. The summed E-state index contributed by atoms with van der Waals surface area (Å²) in [6.45, 7) is 0.236. The van der Waals surface area contributed by atoms with Crippen LogP contribution < -0.4 is 10.1 Å². The Balaban J connectivity index is 1.89. The Morgan fingerprint density at radius 3 is 2.71 bits per heavy atom. The Kier molecular flexibility index (Phi) is 6.63. The van der Waals surface area contributed by atoms with Crippen LogP contribution in [0.5, 0.6) is 5.75 Å². The van der Waals surface area contributed by atoms with E-state index in [4.69, 9.17) is 16.3 Å². The molecule has 0 saturated carbocycles. The number of carbonyl (C=O) groups excluding carboxylic acids is 2. The van der Waals surface area contributed by atoms with E-state index in [1.165, 1.54) is 19.2 Å².